The molecule has 1 saturated heterocycles. The normalized spacial score (nSPS) is 16.6. The summed E-state index contributed by atoms with van der Waals surface area (Å²) in [7, 11) is 0. The van der Waals surface area contributed by atoms with Crippen molar-refractivity contribution in [3.05, 3.63) is 35.4 Å². The Balaban J connectivity index is 1.83. The number of piperazine rings is 1. The zero-order valence-electron chi connectivity index (χ0n) is 13.0. The van der Waals surface area contributed by atoms with Crippen molar-refractivity contribution in [2.45, 2.75) is 13.8 Å². The van der Waals surface area contributed by atoms with E-state index in [4.69, 9.17) is 10.7 Å². The lowest BCUT2D eigenvalue weighted by Gasteiger charge is -2.35. The number of nitrogens with zero attached hydrogens (tertiary/aromatic N) is 3. The number of nitrogens with two attached hydrogens (primary N) is 1. The number of hydrogen-bond acceptors (Lipinski definition) is 4. The molecule has 2 heterocycles. The molecule has 2 aromatic rings. The molecule has 1 aromatic carbocycles. The highest BCUT2D eigenvalue weighted by molar-refractivity contribution is 5.84. The summed E-state index contributed by atoms with van der Waals surface area (Å²) in [6, 6.07) is 8.67. The fourth-order valence-corrected chi connectivity index (χ4v) is 2.98. The van der Waals surface area contributed by atoms with E-state index >= 15 is 0 Å². The molecule has 0 bridgehead atoms. The largest absolute Gasteiger partial charge is 0.354 e. The van der Waals surface area contributed by atoms with Gasteiger partial charge in [0, 0.05) is 44.7 Å². The van der Waals surface area contributed by atoms with Crippen LogP contribution in [-0.4, -0.2) is 49.2 Å². The van der Waals surface area contributed by atoms with Gasteiger partial charge in [-0.05, 0) is 37.1 Å². The number of pyridine rings is 1. The quantitative estimate of drug-likeness (QED) is 0.935. The van der Waals surface area contributed by atoms with Crippen molar-refractivity contribution in [1.29, 1.82) is 0 Å². The average molecular weight is 284 g/mol. The number of fused-ring (bicyclic) bond motifs is 1. The second-order valence-electron chi connectivity index (χ2n) is 5.87. The molecule has 1 aliphatic heterocycles. The number of anilines is 1. The first-order chi connectivity index (χ1) is 10.2. The van der Waals surface area contributed by atoms with E-state index in [-0.39, 0.29) is 0 Å². The summed E-state index contributed by atoms with van der Waals surface area (Å²) < 4.78 is 0. The Bertz CT molecular complexity index is 630. The van der Waals surface area contributed by atoms with Crippen LogP contribution < -0.4 is 10.6 Å². The maximum atomic E-state index is 5.63. The molecule has 1 fully saturated rings. The summed E-state index contributed by atoms with van der Waals surface area (Å²) in [5.74, 6) is 1.10. The Labute approximate surface area is 126 Å². The van der Waals surface area contributed by atoms with Crippen LogP contribution in [0.25, 0.3) is 10.9 Å². The first kappa shape index (κ1) is 14.3. The zero-order valence-corrected chi connectivity index (χ0v) is 13.0. The van der Waals surface area contributed by atoms with Crippen LogP contribution in [0, 0.1) is 13.8 Å². The van der Waals surface area contributed by atoms with Gasteiger partial charge in [0.25, 0.3) is 0 Å². The molecule has 0 amide bonds. The van der Waals surface area contributed by atoms with Crippen LogP contribution >= 0.6 is 0 Å². The number of hydrogen-bond donors (Lipinski definition) is 1. The molecule has 0 aliphatic carbocycles. The molecule has 0 spiro atoms. The number of aromatic nitrogens is 1. The van der Waals surface area contributed by atoms with Gasteiger partial charge >= 0.3 is 0 Å². The molecule has 4 heteroatoms. The Kier molecular flexibility index (Phi) is 4.08. The van der Waals surface area contributed by atoms with Crippen LogP contribution in [0.5, 0.6) is 0 Å². The molecule has 2 N–H and O–H groups in total. The maximum absolute atomic E-state index is 5.63. The van der Waals surface area contributed by atoms with Gasteiger partial charge in [-0.1, -0.05) is 12.1 Å². The molecular formula is C17H24N4. The monoisotopic (exact) mass is 284 g/mol. The standard InChI is InChI=1S/C17H24N4/c1-13-3-4-15-5-6-16(19-17(15)14(13)2)21-11-9-20(8-7-18)10-12-21/h3-6H,7-12,18H2,1-2H3. The van der Waals surface area contributed by atoms with Crippen LogP contribution in [0.2, 0.25) is 0 Å². The number of rotatable bonds is 3. The van der Waals surface area contributed by atoms with Gasteiger partial charge in [0.1, 0.15) is 5.82 Å². The van der Waals surface area contributed by atoms with E-state index in [1.54, 1.807) is 0 Å². The summed E-state index contributed by atoms with van der Waals surface area (Å²) in [5, 5.41) is 1.23. The van der Waals surface area contributed by atoms with Crippen LogP contribution in [0.1, 0.15) is 11.1 Å². The second kappa shape index (κ2) is 6.00. The minimum absolute atomic E-state index is 0.743. The lowest BCUT2D eigenvalue weighted by molar-refractivity contribution is 0.264. The predicted molar refractivity (Wildman–Crippen MR) is 88.9 cm³/mol. The summed E-state index contributed by atoms with van der Waals surface area (Å²) in [4.78, 5) is 9.72. The molecule has 4 nitrogen and oxygen atoms in total. The topological polar surface area (TPSA) is 45.4 Å². The fourth-order valence-electron chi connectivity index (χ4n) is 2.98. The first-order valence-corrected chi connectivity index (χ1v) is 7.73. The predicted octanol–water partition coefficient (Wildman–Crippen LogP) is 1.93. The molecule has 0 saturated carbocycles. The Morgan fingerprint density at radius 3 is 2.48 bits per heavy atom. The van der Waals surface area contributed by atoms with Crippen LogP contribution in [0.4, 0.5) is 5.82 Å². The van der Waals surface area contributed by atoms with Gasteiger partial charge in [0.2, 0.25) is 0 Å². The molecule has 1 aliphatic rings. The lowest BCUT2D eigenvalue weighted by atomic mass is 10.1. The van der Waals surface area contributed by atoms with E-state index in [1.165, 1.54) is 16.5 Å². The zero-order chi connectivity index (χ0) is 14.8. The second-order valence-corrected chi connectivity index (χ2v) is 5.87. The van der Waals surface area contributed by atoms with E-state index in [9.17, 15) is 0 Å². The minimum atomic E-state index is 0.743. The van der Waals surface area contributed by atoms with Crippen molar-refractivity contribution in [3.8, 4) is 0 Å². The number of benzene rings is 1. The van der Waals surface area contributed by atoms with Crippen LogP contribution in [0.15, 0.2) is 24.3 Å². The van der Waals surface area contributed by atoms with Crippen molar-refractivity contribution in [3.63, 3.8) is 0 Å². The molecule has 0 radical (unpaired) electrons. The van der Waals surface area contributed by atoms with Crippen LogP contribution in [0.3, 0.4) is 0 Å². The average Bonchev–Trinajstić information content (AvgIpc) is 2.52. The van der Waals surface area contributed by atoms with E-state index in [2.05, 4.69) is 47.9 Å². The van der Waals surface area contributed by atoms with Gasteiger partial charge in [-0.2, -0.15) is 0 Å². The Morgan fingerprint density at radius 2 is 1.76 bits per heavy atom. The van der Waals surface area contributed by atoms with Crippen molar-refractivity contribution in [1.82, 2.24) is 9.88 Å². The van der Waals surface area contributed by atoms with E-state index in [1.807, 2.05) is 0 Å². The SMILES string of the molecule is Cc1ccc2ccc(N3CCN(CCN)CC3)nc2c1C. The van der Waals surface area contributed by atoms with Gasteiger partial charge in [-0.25, -0.2) is 4.98 Å². The van der Waals surface area contributed by atoms with Gasteiger partial charge in [-0.15, -0.1) is 0 Å². The molecule has 112 valence electrons. The molecule has 3 rings (SSSR count). The summed E-state index contributed by atoms with van der Waals surface area (Å²) in [6.07, 6.45) is 0. The molecule has 0 unspecified atom stereocenters. The third-order valence-electron chi connectivity index (χ3n) is 4.51. The lowest BCUT2D eigenvalue weighted by Crippen LogP contribution is -2.48. The molecular weight excluding hydrogens is 260 g/mol. The van der Waals surface area contributed by atoms with Gasteiger partial charge in [-0.3, -0.25) is 4.90 Å². The highest BCUT2D eigenvalue weighted by Gasteiger charge is 2.17. The van der Waals surface area contributed by atoms with Crippen LogP contribution in [-0.2, 0) is 0 Å². The summed E-state index contributed by atoms with van der Waals surface area (Å²) >= 11 is 0. The molecule has 1 aromatic heterocycles. The highest BCUT2D eigenvalue weighted by Crippen LogP contribution is 2.23. The van der Waals surface area contributed by atoms with Crippen molar-refractivity contribution < 1.29 is 0 Å². The van der Waals surface area contributed by atoms with Crippen molar-refractivity contribution in [2.75, 3.05) is 44.2 Å². The minimum Gasteiger partial charge on any atom is -0.354 e. The Morgan fingerprint density at radius 1 is 1.05 bits per heavy atom. The molecule has 0 atom stereocenters. The van der Waals surface area contributed by atoms with Gasteiger partial charge < -0.3 is 10.6 Å². The molecule has 21 heavy (non-hydrogen) atoms. The van der Waals surface area contributed by atoms with E-state index in [0.717, 1.165) is 50.6 Å². The van der Waals surface area contributed by atoms with Gasteiger partial charge in [0.05, 0.1) is 5.52 Å². The third kappa shape index (κ3) is 2.87. The van der Waals surface area contributed by atoms with Gasteiger partial charge in [0.15, 0.2) is 0 Å². The van der Waals surface area contributed by atoms with Crippen molar-refractivity contribution >= 4 is 16.7 Å². The number of aryl methyl sites for hydroxylation is 2. The van der Waals surface area contributed by atoms with Crippen molar-refractivity contribution in [2.24, 2.45) is 5.73 Å². The maximum Gasteiger partial charge on any atom is 0.129 e. The highest BCUT2D eigenvalue weighted by atomic mass is 15.3. The van der Waals surface area contributed by atoms with E-state index in [0.29, 0.717) is 0 Å². The summed E-state index contributed by atoms with van der Waals surface area (Å²) in [5.41, 5.74) is 9.36. The summed E-state index contributed by atoms with van der Waals surface area (Å²) in [6.45, 7) is 10.3. The van der Waals surface area contributed by atoms with E-state index < -0.39 is 0 Å². The Hall–Kier alpha value is -1.65. The fraction of sp³-hybridized carbons (Fsp3) is 0.471. The third-order valence-corrected chi connectivity index (χ3v) is 4.51. The smallest absolute Gasteiger partial charge is 0.129 e. The first-order valence-electron chi connectivity index (χ1n) is 7.73.